The number of carbonyl (C=O) groups excluding carboxylic acids is 2. The van der Waals surface area contributed by atoms with Crippen molar-refractivity contribution in [3.05, 3.63) is 0 Å². The maximum Gasteiger partial charge on any atom is 0.316 e. The monoisotopic (exact) mass is 418 g/mol. The van der Waals surface area contributed by atoms with Crippen molar-refractivity contribution in [1.82, 2.24) is 0 Å². The Labute approximate surface area is 185 Å². The number of rotatable bonds is 9. The number of esters is 1. The summed E-state index contributed by atoms with van der Waals surface area (Å²) in [4.78, 5) is 24.9. The summed E-state index contributed by atoms with van der Waals surface area (Å²) < 4.78 is 5.32. The molecule has 0 amide bonds. The molecule has 30 heavy (non-hydrogen) atoms. The fourth-order valence-electron chi connectivity index (χ4n) is 6.64. The summed E-state index contributed by atoms with van der Waals surface area (Å²) in [6.45, 7) is 4.86. The molecular formula is C27H46O3. The van der Waals surface area contributed by atoms with Crippen molar-refractivity contribution < 1.29 is 14.3 Å². The predicted molar refractivity (Wildman–Crippen MR) is 122 cm³/mol. The molecule has 0 spiro atoms. The van der Waals surface area contributed by atoms with Gasteiger partial charge in [0.2, 0.25) is 0 Å². The van der Waals surface area contributed by atoms with E-state index in [-0.39, 0.29) is 11.8 Å². The van der Waals surface area contributed by atoms with Gasteiger partial charge in [-0.1, -0.05) is 52.4 Å². The number of hydrogen-bond acceptors (Lipinski definition) is 3. The van der Waals surface area contributed by atoms with Gasteiger partial charge in [0, 0.05) is 6.42 Å². The summed E-state index contributed by atoms with van der Waals surface area (Å²) in [5.41, 5.74) is 0. The molecule has 172 valence electrons. The highest BCUT2D eigenvalue weighted by atomic mass is 16.5. The number of Topliss-reactive ketones (excluding diaryl/α,β-unsaturated/α-hetero) is 1. The molecule has 0 aromatic heterocycles. The molecule has 3 aliphatic carbocycles. The van der Waals surface area contributed by atoms with Gasteiger partial charge in [0.1, 0.15) is 11.7 Å². The zero-order chi connectivity index (χ0) is 21.3. The summed E-state index contributed by atoms with van der Waals surface area (Å²) in [6.07, 6.45) is 19.7. The van der Waals surface area contributed by atoms with Crippen LogP contribution in [0.2, 0.25) is 0 Å². The molecule has 0 saturated heterocycles. The van der Waals surface area contributed by atoms with E-state index in [4.69, 9.17) is 4.74 Å². The van der Waals surface area contributed by atoms with E-state index < -0.39 is 5.92 Å². The van der Waals surface area contributed by atoms with Gasteiger partial charge < -0.3 is 4.74 Å². The molecule has 3 heteroatoms. The Morgan fingerprint density at radius 2 is 1.30 bits per heavy atom. The normalized spacial score (nSPS) is 35.2. The van der Waals surface area contributed by atoms with Crippen LogP contribution in [0.25, 0.3) is 0 Å². The van der Waals surface area contributed by atoms with Crippen LogP contribution in [0.15, 0.2) is 0 Å². The van der Waals surface area contributed by atoms with E-state index in [0.29, 0.717) is 24.9 Å². The minimum Gasteiger partial charge on any atom is -0.465 e. The largest absolute Gasteiger partial charge is 0.465 e. The van der Waals surface area contributed by atoms with Crippen molar-refractivity contribution in [1.29, 1.82) is 0 Å². The lowest BCUT2D eigenvalue weighted by Crippen LogP contribution is -2.36. The molecule has 3 aliphatic rings. The highest BCUT2D eigenvalue weighted by molar-refractivity contribution is 5.99. The second kappa shape index (κ2) is 12.2. The van der Waals surface area contributed by atoms with Gasteiger partial charge >= 0.3 is 5.97 Å². The first-order chi connectivity index (χ1) is 14.6. The molecule has 2 atom stereocenters. The number of hydrogen-bond donors (Lipinski definition) is 0. The van der Waals surface area contributed by atoms with Crippen LogP contribution in [0.5, 0.6) is 0 Å². The summed E-state index contributed by atoms with van der Waals surface area (Å²) in [5, 5.41) is 0. The predicted octanol–water partition coefficient (Wildman–Crippen LogP) is 7.12. The van der Waals surface area contributed by atoms with Crippen LogP contribution < -0.4 is 0 Å². The van der Waals surface area contributed by atoms with Gasteiger partial charge in [-0.2, -0.15) is 0 Å². The van der Waals surface area contributed by atoms with Crippen LogP contribution in [0.3, 0.4) is 0 Å². The number of unbranched alkanes of at least 4 members (excludes halogenated alkanes) is 2. The molecule has 3 nitrogen and oxygen atoms in total. The second-order valence-electron chi connectivity index (χ2n) is 10.7. The van der Waals surface area contributed by atoms with Gasteiger partial charge in [-0.25, -0.2) is 0 Å². The van der Waals surface area contributed by atoms with E-state index in [1.165, 1.54) is 70.6 Å². The van der Waals surface area contributed by atoms with E-state index >= 15 is 0 Å². The smallest absolute Gasteiger partial charge is 0.316 e. The standard InChI is InChI=1S/C27H46O3/c1-3-5-7-20-8-10-21(11-9-20)22-12-14-23(15-13-22)24-16-17-25(26(28)19-24)27(29)30-18-6-4-2/h20-25H,3-19H2,1-2H3/t20-,21-,22-,23-,24?,25?. The Morgan fingerprint density at radius 1 is 0.767 bits per heavy atom. The number of ketones is 1. The third-order valence-electron chi connectivity index (χ3n) is 8.71. The fourth-order valence-corrected chi connectivity index (χ4v) is 6.64. The van der Waals surface area contributed by atoms with Crippen LogP contribution in [0.4, 0.5) is 0 Å². The Bertz CT molecular complexity index is 526. The second-order valence-corrected chi connectivity index (χ2v) is 10.7. The third kappa shape index (κ3) is 6.57. The van der Waals surface area contributed by atoms with Crippen LogP contribution in [0, 0.1) is 35.5 Å². The van der Waals surface area contributed by atoms with Crippen LogP contribution in [0.1, 0.15) is 117 Å². The lowest BCUT2D eigenvalue weighted by atomic mass is 9.64. The van der Waals surface area contributed by atoms with Crippen molar-refractivity contribution in [2.75, 3.05) is 6.61 Å². The van der Waals surface area contributed by atoms with E-state index in [1.54, 1.807) is 0 Å². The fraction of sp³-hybridized carbons (Fsp3) is 0.926. The Morgan fingerprint density at radius 3 is 1.87 bits per heavy atom. The van der Waals surface area contributed by atoms with E-state index in [9.17, 15) is 9.59 Å². The first-order valence-electron chi connectivity index (χ1n) is 13.3. The van der Waals surface area contributed by atoms with Crippen molar-refractivity contribution in [2.45, 2.75) is 117 Å². The lowest BCUT2D eigenvalue weighted by Gasteiger charge is -2.41. The van der Waals surface area contributed by atoms with Crippen molar-refractivity contribution in [3.63, 3.8) is 0 Å². The van der Waals surface area contributed by atoms with Crippen molar-refractivity contribution >= 4 is 11.8 Å². The number of ether oxygens (including phenoxy) is 1. The maximum absolute atomic E-state index is 12.6. The highest BCUT2D eigenvalue weighted by Crippen LogP contribution is 2.46. The molecule has 0 aromatic rings. The summed E-state index contributed by atoms with van der Waals surface area (Å²) >= 11 is 0. The topological polar surface area (TPSA) is 43.4 Å². The van der Waals surface area contributed by atoms with Crippen molar-refractivity contribution in [3.8, 4) is 0 Å². The molecule has 0 bridgehead atoms. The average Bonchev–Trinajstić information content (AvgIpc) is 2.78. The quantitative estimate of drug-likeness (QED) is 0.227. The molecule has 2 unspecified atom stereocenters. The molecule has 3 fully saturated rings. The van der Waals surface area contributed by atoms with E-state index in [0.717, 1.165) is 43.4 Å². The molecule has 0 N–H and O–H groups in total. The maximum atomic E-state index is 12.6. The minimum absolute atomic E-state index is 0.153. The molecule has 0 aliphatic heterocycles. The Hall–Kier alpha value is -0.860. The SMILES string of the molecule is CCCCOC(=O)C1CCC([C@H]2CC[C@H]([C@H]3CC[C@H](CCCC)CC3)CC2)CC1=O. The zero-order valence-electron chi connectivity index (χ0n) is 19.7. The zero-order valence-corrected chi connectivity index (χ0v) is 19.7. The van der Waals surface area contributed by atoms with Crippen LogP contribution >= 0.6 is 0 Å². The Balaban J connectivity index is 1.37. The van der Waals surface area contributed by atoms with Gasteiger partial charge in [0.25, 0.3) is 0 Å². The molecule has 3 saturated carbocycles. The summed E-state index contributed by atoms with van der Waals surface area (Å²) in [7, 11) is 0. The first kappa shape index (κ1) is 23.8. The Kier molecular flexibility index (Phi) is 9.71. The van der Waals surface area contributed by atoms with Gasteiger partial charge in [-0.15, -0.1) is 0 Å². The lowest BCUT2D eigenvalue weighted by molar-refractivity contribution is -0.154. The molecule has 3 rings (SSSR count). The van der Waals surface area contributed by atoms with E-state index in [2.05, 4.69) is 13.8 Å². The third-order valence-corrected chi connectivity index (χ3v) is 8.71. The molecule has 0 heterocycles. The minimum atomic E-state index is -0.475. The summed E-state index contributed by atoms with van der Waals surface area (Å²) in [5.74, 6) is 3.56. The van der Waals surface area contributed by atoms with Gasteiger partial charge in [-0.3, -0.25) is 9.59 Å². The highest BCUT2D eigenvalue weighted by Gasteiger charge is 2.39. The van der Waals surface area contributed by atoms with Gasteiger partial charge in [0.05, 0.1) is 6.61 Å². The molecular weight excluding hydrogens is 372 g/mol. The summed E-state index contributed by atoms with van der Waals surface area (Å²) in [6, 6.07) is 0. The number of carbonyl (C=O) groups is 2. The molecule has 0 radical (unpaired) electrons. The van der Waals surface area contributed by atoms with Crippen LogP contribution in [-0.2, 0) is 14.3 Å². The first-order valence-corrected chi connectivity index (χ1v) is 13.3. The van der Waals surface area contributed by atoms with E-state index in [1.807, 2.05) is 0 Å². The average molecular weight is 419 g/mol. The van der Waals surface area contributed by atoms with Crippen molar-refractivity contribution in [2.24, 2.45) is 35.5 Å². The van der Waals surface area contributed by atoms with Crippen LogP contribution in [-0.4, -0.2) is 18.4 Å². The van der Waals surface area contributed by atoms with Gasteiger partial charge in [-0.05, 0) is 87.4 Å². The molecule has 0 aromatic carbocycles. The van der Waals surface area contributed by atoms with Gasteiger partial charge in [0.15, 0.2) is 0 Å².